The van der Waals surface area contributed by atoms with E-state index in [-0.39, 0.29) is 11.3 Å². The minimum absolute atomic E-state index is 0.101. The lowest BCUT2D eigenvalue weighted by Gasteiger charge is -2.37. The summed E-state index contributed by atoms with van der Waals surface area (Å²) >= 11 is 0. The maximum Gasteiger partial charge on any atom is 0.253 e. The van der Waals surface area contributed by atoms with E-state index >= 15 is 0 Å². The zero-order valence-electron chi connectivity index (χ0n) is 23.0. The molecule has 7 nitrogen and oxygen atoms in total. The number of likely N-dealkylation sites (tertiary alicyclic amines) is 2. The summed E-state index contributed by atoms with van der Waals surface area (Å²) in [7, 11) is 0. The molecule has 4 heterocycles. The molecule has 1 amide bonds. The first-order chi connectivity index (χ1) is 17.9. The van der Waals surface area contributed by atoms with Crippen LogP contribution in [-0.2, 0) is 5.41 Å². The summed E-state index contributed by atoms with van der Waals surface area (Å²) in [6, 6.07) is 11.2. The lowest BCUT2D eigenvalue weighted by Crippen LogP contribution is -2.46. The van der Waals surface area contributed by atoms with Gasteiger partial charge < -0.3 is 15.1 Å². The molecule has 200 valence electrons. The molecule has 3 aliphatic heterocycles. The van der Waals surface area contributed by atoms with Crippen molar-refractivity contribution in [3.63, 3.8) is 0 Å². The van der Waals surface area contributed by atoms with Crippen LogP contribution in [0, 0.1) is 0 Å². The highest BCUT2D eigenvalue weighted by Crippen LogP contribution is 2.26. The average Bonchev–Trinajstić information content (AvgIpc) is 3.19. The van der Waals surface area contributed by atoms with Gasteiger partial charge in [0.05, 0.1) is 0 Å². The summed E-state index contributed by atoms with van der Waals surface area (Å²) in [5.41, 5.74) is 2.17. The van der Waals surface area contributed by atoms with Crippen LogP contribution in [0.15, 0.2) is 36.5 Å². The molecule has 1 N–H and O–H groups in total. The van der Waals surface area contributed by atoms with Gasteiger partial charge in [-0.3, -0.25) is 9.69 Å². The van der Waals surface area contributed by atoms with Crippen LogP contribution >= 0.6 is 0 Å². The highest BCUT2D eigenvalue weighted by Gasteiger charge is 2.32. The smallest absolute Gasteiger partial charge is 0.253 e. The number of hydrogen-bond donors (Lipinski definition) is 1. The quantitative estimate of drug-likeness (QED) is 0.622. The number of nitrogens with zero attached hydrogens (tertiary/aromatic N) is 5. The van der Waals surface area contributed by atoms with Crippen molar-refractivity contribution in [2.24, 2.45) is 0 Å². The van der Waals surface area contributed by atoms with Crippen LogP contribution in [0.25, 0.3) is 0 Å². The SMILES string of the molecule is CC(C)(C)c1ccc(C(=O)N2CCC(N3CCC(Nc4nccc(N5CCCCCC5)n4)C3)CC2)cc1. The number of benzene rings is 1. The maximum atomic E-state index is 13.1. The van der Waals surface area contributed by atoms with Gasteiger partial charge in [0.15, 0.2) is 0 Å². The van der Waals surface area contributed by atoms with Gasteiger partial charge in [0.25, 0.3) is 5.91 Å². The molecular formula is C30H44N6O. The van der Waals surface area contributed by atoms with Crippen molar-refractivity contribution in [2.75, 3.05) is 49.5 Å². The van der Waals surface area contributed by atoms with Crippen LogP contribution in [0.5, 0.6) is 0 Å². The number of carbonyl (C=O) groups excluding carboxylic acids is 1. The largest absolute Gasteiger partial charge is 0.356 e. The van der Waals surface area contributed by atoms with E-state index in [1.165, 1.54) is 31.2 Å². The summed E-state index contributed by atoms with van der Waals surface area (Å²) in [5, 5.41) is 3.61. The standard InChI is InChI=1S/C30H44N6O/c1-30(2,3)24-10-8-23(9-11-24)28(37)35-20-14-26(15-21-35)36-19-13-25(22-36)32-29-31-16-12-27(33-29)34-17-6-4-5-7-18-34/h8-12,16,25-26H,4-7,13-15,17-22H2,1-3H3,(H,31,32,33). The number of anilines is 2. The monoisotopic (exact) mass is 504 g/mol. The number of hydrogen-bond acceptors (Lipinski definition) is 6. The predicted octanol–water partition coefficient (Wildman–Crippen LogP) is 4.95. The third kappa shape index (κ3) is 6.43. The Morgan fingerprint density at radius 1 is 0.892 bits per heavy atom. The predicted molar refractivity (Wildman–Crippen MR) is 150 cm³/mol. The number of piperidine rings is 1. The number of rotatable bonds is 5. The first-order valence-electron chi connectivity index (χ1n) is 14.4. The Balaban J connectivity index is 1.10. The van der Waals surface area contributed by atoms with Gasteiger partial charge in [-0.15, -0.1) is 0 Å². The van der Waals surface area contributed by atoms with Crippen molar-refractivity contribution in [1.82, 2.24) is 19.8 Å². The van der Waals surface area contributed by atoms with Gasteiger partial charge in [0.1, 0.15) is 5.82 Å². The summed E-state index contributed by atoms with van der Waals surface area (Å²) < 4.78 is 0. The van der Waals surface area contributed by atoms with E-state index in [4.69, 9.17) is 4.98 Å². The number of amides is 1. The van der Waals surface area contributed by atoms with Crippen LogP contribution in [0.3, 0.4) is 0 Å². The first-order valence-corrected chi connectivity index (χ1v) is 14.4. The molecule has 0 saturated carbocycles. The van der Waals surface area contributed by atoms with E-state index in [0.717, 1.165) is 75.9 Å². The van der Waals surface area contributed by atoms with Crippen molar-refractivity contribution in [2.45, 2.75) is 83.2 Å². The molecular weight excluding hydrogens is 460 g/mol. The minimum atomic E-state index is 0.101. The Labute approximate surface area is 222 Å². The lowest BCUT2D eigenvalue weighted by atomic mass is 9.86. The molecule has 1 atom stereocenters. The topological polar surface area (TPSA) is 64.6 Å². The molecule has 3 fully saturated rings. The molecule has 0 radical (unpaired) electrons. The fraction of sp³-hybridized carbons (Fsp3) is 0.633. The highest BCUT2D eigenvalue weighted by atomic mass is 16.2. The summed E-state index contributed by atoms with van der Waals surface area (Å²) in [5.74, 6) is 1.98. The number of nitrogens with one attached hydrogen (secondary N) is 1. The van der Waals surface area contributed by atoms with Crippen LogP contribution < -0.4 is 10.2 Å². The van der Waals surface area contributed by atoms with Gasteiger partial charge in [-0.2, -0.15) is 4.98 Å². The second kappa shape index (κ2) is 11.4. The molecule has 5 rings (SSSR count). The van der Waals surface area contributed by atoms with Gasteiger partial charge in [-0.1, -0.05) is 45.7 Å². The van der Waals surface area contributed by atoms with Crippen LogP contribution in [0.1, 0.15) is 81.6 Å². The van der Waals surface area contributed by atoms with Gasteiger partial charge in [-0.25, -0.2) is 4.98 Å². The zero-order chi connectivity index (χ0) is 25.8. The molecule has 1 aromatic carbocycles. The van der Waals surface area contributed by atoms with E-state index in [1.807, 2.05) is 29.3 Å². The molecule has 7 heteroatoms. The van der Waals surface area contributed by atoms with E-state index in [0.29, 0.717) is 12.1 Å². The second-order valence-electron chi connectivity index (χ2n) is 12.1. The van der Waals surface area contributed by atoms with E-state index < -0.39 is 0 Å². The maximum absolute atomic E-state index is 13.1. The first kappa shape index (κ1) is 26.0. The molecule has 0 bridgehead atoms. The van der Waals surface area contributed by atoms with E-state index in [9.17, 15) is 4.79 Å². The summed E-state index contributed by atoms with van der Waals surface area (Å²) in [4.78, 5) is 29.5. The van der Waals surface area contributed by atoms with Crippen molar-refractivity contribution in [3.8, 4) is 0 Å². The highest BCUT2D eigenvalue weighted by molar-refractivity contribution is 5.94. The average molecular weight is 505 g/mol. The molecule has 37 heavy (non-hydrogen) atoms. The van der Waals surface area contributed by atoms with E-state index in [2.05, 4.69) is 53.0 Å². The van der Waals surface area contributed by atoms with Gasteiger partial charge >= 0.3 is 0 Å². The fourth-order valence-corrected chi connectivity index (χ4v) is 6.04. The van der Waals surface area contributed by atoms with Gasteiger partial charge in [0.2, 0.25) is 5.95 Å². The zero-order valence-corrected chi connectivity index (χ0v) is 23.0. The van der Waals surface area contributed by atoms with Crippen LogP contribution in [0.2, 0.25) is 0 Å². The van der Waals surface area contributed by atoms with Gasteiger partial charge in [-0.05, 0) is 61.3 Å². The van der Waals surface area contributed by atoms with Crippen molar-refractivity contribution in [1.29, 1.82) is 0 Å². The molecule has 3 aliphatic rings. The fourth-order valence-electron chi connectivity index (χ4n) is 6.04. The molecule has 2 aromatic rings. The Morgan fingerprint density at radius 3 is 2.27 bits per heavy atom. The Kier molecular flexibility index (Phi) is 7.98. The minimum Gasteiger partial charge on any atom is -0.356 e. The summed E-state index contributed by atoms with van der Waals surface area (Å²) in [6.07, 6.45) is 10.2. The normalized spacial score (nSPS) is 22.2. The van der Waals surface area contributed by atoms with Crippen molar-refractivity contribution < 1.29 is 4.79 Å². The molecule has 1 aromatic heterocycles. The third-order valence-corrected chi connectivity index (χ3v) is 8.39. The van der Waals surface area contributed by atoms with Gasteiger partial charge in [0, 0.05) is 63.1 Å². The van der Waals surface area contributed by atoms with Crippen molar-refractivity contribution >= 4 is 17.7 Å². The molecule has 0 aliphatic carbocycles. The van der Waals surface area contributed by atoms with E-state index in [1.54, 1.807) is 0 Å². The Bertz CT molecular complexity index is 1030. The van der Waals surface area contributed by atoms with Crippen LogP contribution in [-0.4, -0.2) is 77.0 Å². The Hall–Kier alpha value is -2.67. The molecule has 0 spiro atoms. The Morgan fingerprint density at radius 2 is 1.59 bits per heavy atom. The number of carbonyl (C=O) groups is 1. The van der Waals surface area contributed by atoms with Crippen molar-refractivity contribution in [3.05, 3.63) is 47.7 Å². The summed E-state index contributed by atoms with van der Waals surface area (Å²) in [6.45, 7) is 12.6. The molecule has 3 saturated heterocycles. The number of aromatic nitrogens is 2. The third-order valence-electron chi connectivity index (χ3n) is 8.39. The molecule has 1 unspecified atom stereocenters. The second-order valence-corrected chi connectivity index (χ2v) is 12.1. The lowest BCUT2D eigenvalue weighted by molar-refractivity contribution is 0.0643. The van der Waals surface area contributed by atoms with Crippen LogP contribution in [0.4, 0.5) is 11.8 Å².